The Balaban J connectivity index is 2.27. The molecule has 0 amide bonds. The van der Waals surface area contributed by atoms with E-state index in [1.54, 1.807) is 0 Å². The van der Waals surface area contributed by atoms with Crippen LogP contribution in [-0.2, 0) is 6.61 Å². The molecule has 0 saturated heterocycles. The van der Waals surface area contributed by atoms with Gasteiger partial charge in [-0.05, 0) is 18.6 Å². The summed E-state index contributed by atoms with van der Waals surface area (Å²) in [6.07, 6.45) is 0. The Labute approximate surface area is 134 Å². The van der Waals surface area contributed by atoms with Crippen molar-refractivity contribution in [2.24, 2.45) is 0 Å². The van der Waals surface area contributed by atoms with Crippen molar-refractivity contribution in [1.29, 1.82) is 5.26 Å². The number of nitriles is 1. The number of benzene rings is 1. The van der Waals surface area contributed by atoms with Crippen LogP contribution in [0.3, 0.4) is 0 Å². The van der Waals surface area contributed by atoms with E-state index in [4.69, 9.17) is 10.5 Å². The SMILES string of the molecule is Cc1ccccc1OCc1nc(SC(C)C)nc(N)c1C#N. The smallest absolute Gasteiger partial charge is 0.190 e. The molecule has 0 radical (unpaired) electrons. The van der Waals surface area contributed by atoms with Crippen molar-refractivity contribution in [1.82, 2.24) is 9.97 Å². The molecule has 0 aliphatic carbocycles. The third-order valence-corrected chi connectivity index (χ3v) is 3.77. The molecule has 114 valence electrons. The molecule has 1 heterocycles. The third-order valence-electron chi connectivity index (χ3n) is 2.90. The van der Waals surface area contributed by atoms with E-state index in [0.29, 0.717) is 16.1 Å². The number of para-hydroxylation sites is 1. The topological polar surface area (TPSA) is 84.8 Å². The molecule has 0 unspecified atom stereocenters. The Hall–Kier alpha value is -2.26. The molecule has 6 heteroatoms. The fourth-order valence-electron chi connectivity index (χ4n) is 1.86. The number of aryl methyl sites for hydroxylation is 1. The number of hydrogen-bond acceptors (Lipinski definition) is 6. The predicted molar refractivity (Wildman–Crippen MR) is 87.7 cm³/mol. The summed E-state index contributed by atoms with van der Waals surface area (Å²) in [5.74, 6) is 0.964. The van der Waals surface area contributed by atoms with Crippen LogP contribution in [0, 0.1) is 18.3 Å². The highest BCUT2D eigenvalue weighted by Gasteiger charge is 2.14. The molecule has 5 nitrogen and oxygen atoms in total. The zero-order valence-corrected chi connectivity index (χ0v) is 13.6. The lowest BCUT2D eigenvalue weighted by atomic mass is 10.2. The Morgan fingerprint density at radius 2 is 2.05 bits per heavy atom. The molecule has 0 fully saturated rings. The van der Waals surface area contributed by atoms with Gasteiger partial charge in [0.25, 0.3) is 0 Å². The van der Waals surface area contributed by atoms with Crippen LogP contribution in [-0.4, -0.2) is 15.2 Å². The van der Waals surface area contributed by atoms with Crippen molar-refractivity contribution >= 4 is 17.6 Å². The molecule has 0 aliphatic heterocycles. The van der Waals surface area contributed by atoms with Gasteiger partial charge in [-0.2, -0.15) is 5.26 Å². The van der Waals surface area contributed by atoms with Crippen LogP contribution in [0.5, 0.6) is 5.75 Å². The molecular weight excluding hydrogens is 296 g/mol. The number of nitrogens with zero attached hydrogens (tertiary/aromatic N) is 3. The minimum atomic E-state index is 0.187. The van der Waals surface area contributed by atoms with E-state index in [1.165, 1.54) is 11.8 Å². The van der Waals surface area contributed by atoms with E-state index in [-0.39, 0.29) is 18.0 Å². The number of rotatable bonds is 5. The Kier molecular flexibility index (Phi) is 5.23. The van der Waals surface area contributed by atoms with Crippen LogP contribution in [0.15, 0.2) is 29.4 Å². The van der Waals surface area contributed by atoms with E-state index < -0.39 is 0 Å². The van der Waals surface area contributed by atoms with Gasteiger partial charge in [0.15, 0.2) is 5.16 Å². The summed E-state index contributed by atoms with van der Waals surface area (Å²) >= 11 is 1.50. The van der Waals surface area contributed by atoms with Gasteiger partial charge < -0.3 is 10.5 Å². The molecule has 0 spiro atoms. The Morgan fingerprint density at radius 3 is 2.68 bits per heavy atom. The summed E-state index contributed by atoms with van der Waals surface area (Å²) in [4.78, 5) is 8.58. The monoisotopic (exact) mass is 314 g/mol. The number of anilines is 1. The predicted octanol–water partition coefficient (Wildman–Crippen LogP) is 3.32. The molecule has 22 heavy (non-hydrogen) atoms. The number of thioether (sulfide) groups is 1. The van der Waals surface area contributed by atoms with Gasteiger partial charge in [-0.25, -0.2) is 9.97 Å². The van der Waals surface area contributed by atoms with Crippen molar-refractivity contribution in [2.45, 2.75) is 37.8 Å². The fraction of sp³-hybridized carbons (Fsp3) is 0.312. The number of nitrogens with two attached hydrogens (primary N) is 1. The summed E-state index contributed by atoms with van der Waals surface area (Å²) in [6.45, 7) is 6.25. The van der Waals surface area contributed by atoms with Gasteiger partial charge in [-0.3, -0.25) is 0 Å². The second-order valence-corrected chi connectivity index (χ2v) is 6.59. The third kappa shape index (κ3) is 3.89. The van der Waals surface area contributed by atoms with Crippen molar-refractivity contribution in [3.05, 3.63) is 41.1 Å². The van der Waals surface area contributed by atoms with Crippen LogP contribution in [0.1, 0.15) is 30.7 Å². The Morgan fingerprint density at radius 1 is 1.32 bits per heavy atom. The van der Waals surface area contributed by atoms with Crippen LogP contribution in [0.25, 0.3) is 0 Å². The highest BCUT2D eigenvalue weighted by Crippen LogP contribution is 2.24. The molecule has 0 bridgehead atoms. The first-order valence-electron chi connectivity index (χ1n) is 6.92. The highest BCUT2D eigenvalue weighted by atomic mass is 32.2. The standard InChI is InChI=1S/C16H18N4OS/c1-10(2)22-16-19-13(12(8-17)15(18)20-16)9-21-14-7-5-4-6-11(14)3/h4-7,10H,9H2,1-3H3,(H2,18,19,20). The molecule has 1 aromatic heterocycles. The largest absolute Gasteiger partial charge is 0.487 e. The van der Waals surface area contributed by atoms with Gasteiger partial charge in [0.05, 0.1) is 0 Å². The second kappa shape index (κ2) is 7.14. The summed E-state index contributed by atoms with van der Waals surface area (Å²) in [6, 6.07) is 9.76. The van der Waals surface area contributed by atoms with Gasteiger partial charge in [-0.15, -0.1) is 0 Å². The number of hydrogen-bond donors (Lipinski definition) is 1. The Bertz CT molecular complexity index is 710. The van der Waals surface area contributed by atoms with Gasteiger partial charge in [0.2, 0.25) is 0 Å². The van der Waals surface area contributed by atoms with Crippen molar-refractivity contribution < 1.29 is 4.74 Å². The van der Waals surface area contributed by atoms with Gasteiger partial charge >= 0.3 is 0 Å². The first-order valence-corrected chi connectivity index (χ1v) is 7.80. The van der Waals surface area contributed by atoms with Crippen LogP contribution < -0.4 is 10.5 Å². The normalized spacial score (nSPS) is 10.5. The first-order chi connectivity index (χ1) is 10.5. The van der Waals surface area contributed by atoms with E-state index in [9.17, 15) is 5.26 Å². The summed E-state index contributed by atoms with van der Waals surface area (Å²) in [5.41, 5.74) is 7.69. The highest BCUT2D eigenvalue weighted by molar-refractivity contribution is 7.99. The van der Waals surface area contributed by atoms with E-state index in [0.717, 1.165) is 11.3 Å². The molecule has 2 rings (SSSR count). The molecule has 0 atom stereocenters. The summed E-state index contributed by atoms with van der Waals surface area (Å²) < 4.78 is 5.77. The number of aromatic nitrogens is 2. The summed E-state index contributed by atoms with van der Waals surface area (Å²) in [5, 5.41) is 10.1. The zero-order chi connectivity index (χ0) is 16.1. The van der Waals surface area contributed by atoms with Crippen LogP contribution >= 0.6 is 11.8 Å². The average molecular weight is 314 g/mol. The molecule has 0 saturated carbocycles. The van der Waals surface area contributed by atoms with E-state index >= 15 is 0 Å². The van der Waals surface area contributed by atoms with Gasteiger partial charge in [0, 0.05) is 5.25 Å². The maximum Gasteiger partial charge on any atom is 0.190 e. The number of ether oxygens (including phenoxy) is 1. The minimum Gasteiger partial charge on any atom is -0.487 e. The lowest BCUT2D eigenvalue weighted by Gasteiger charge is -2.12. The molecule has 1 aromatic carbocycles. The fourth-order valence-corrected chi connectivity index (χ4v) is 2.59. The molecule has 0 aliphatic rings. The van der Waals surface area contributed by atoms with E-state index in [1.807, 2.05) is 45.0 Å². The number of nitrogen functional groups attached to an aromatic ring is 1. The maximum absolute atomic E-state index is 9.25. The zero-order valence-electron chi connectivity index (χ0n) is 12.8. The average Bonchev–Trinajstić information content (AvgIpc) is 2.45. The van der Waals surface area contributed by atoms with Gasteiger partial charge in [0.1, 0.15) is 35.5 Å². The van der Waals surface area contributed by atoms with Crippen LogP contribution in [0.2, 0.25) is 0 Å². The summed E-state index contributed by atoms with van der Waals surface area (Å²) in [7, 11) is 0. The minimum absolute atomic E-state index is 0.187. The lowest BCUT2D eigenvalue weighted by molar-refractivity contribution is 0.297. The van der Waals surface area contributed by atoms with Crippen molar-refractivity contribution in [3.8, 4) is 11.8 Å². The molecular formula is C16H18N4OS. The second-order valence-electron chi connectivity index (χ2n) is 5.05. The van der Waals surface area contributed by atoms with E-state index in [2.05, 4.69) is 16.0 Å². The van der Waals surface area contributed by atoms with Crippen molar-refractivity contribution in [2.75, 3.05) is 5.73 Å². The maximum atomic E-state index is 9.25. The van der Waals surface area contributed by atoms with Crippen molar-refractivity contribution in [3.63, 3.8) is 0 Å². The molecule has 2 N–H and O–H groups in total. The quantitative estimate of drug-likeness (QED) is 0.673. The molecule has 2 aromatic rings. The lowest BCUT2D eigenvalue weighted by Crippen LogP contribution is -2.09. The van der Waals surface area contributed by atoms with Gasteiger partial charge in [-0.1, -0.05) is 43.8 Å². The first kappa shape index (κ1) is 16.1. The van der Waals surface area contributed by atoms with Crippen LogP contribution in [0.4, 0.5) is 5.82 Å².